The fourth-order valence-corrected chi connectivity index (χ4v) is 7.19. The fraction of sp³-hybridized carbons (Fsp3) is 0.182. The first kappa shape index (κ1) is 22.9. The summed E-state index contributed by atoms with van der Waals surface area (Å²) >= 11 is 0. The third-order valence-electron chi connectivity index (χ3n) is 7.86. The zero-order valence-corrected chi connectivity index (χ0v) is 22.5. The van der Waals surface area contributed by atoms with Gasteiger partial charge in [-0.25, -0.2) is 4.99 Å². The number of fused-ring (bicyclic) bond motifs is 10. The third kappa shape index (κ3) is 3.61. The van der Waals surface area contributed by atoms with Gasteiger partial charge >= 0.3 is 8.24 Å². The van der Waals surface area contributed by atoms with Crippen molar-refractivity contribution in [3.63, 3.8) is 0 Å². The first-order chi connectivity index (χ1) is 19.0. The standard InChI is InChI=1S/C33H26NO4P/c1-33(2,32-34-31-25-14-8-5-11-22(25)19-28(31)35-32)38-39-36-26-17-15-20-9-3-6-12-23(20)29(26)30-24-13-7-4-10-21(24)16-18-27(30)37-39/h3-18,28,31H,19H2,1-2H3/t28-,31+/m1/s1. The Morgan fingerprint density at radius 1 is 0.744 bits per heavy atom. The van der Waals surface area contributed by atoms with Crippen LogP contribution in [-0.2, 0) is 11.2 Å². The van der Waals surface area contributed by atoms with Gasteiger partial charge in [0.25, 0.3) is 0 Å². The average Bonchev–Trinajstić information content (AvgIpc) is 3.47. The van der Waals surface area contributed by atoms with Crippen LogP contribution in [0.2, 0.25) is 0 Å². The quantitative estimate of drug-likeness (QED) is 0.229. The van der Waals surface area contributed by atoms with E-state index in [0.717, 1.165) is 49.9 Å². The molecule has 0 bridgehead atoms. The lowest BCUT2D eigenvalue weighted by atomic mass is 9.99. The molecule has 2 atom stereocenters. The third-order valence-corrected chi connectivity index (χ3v) is 9.16. The van der Waals surface area contributed by atoms with Crippen molar-refractivity contribution in [3.8, 4) is 0 Å². The predicted octanol–water partition coefficient (Wildman–Crippen LogP) is 8.90. The highest BCUT2D eigenvalue weighted by molar-refractivity contribution is 7.32. The van der Waals surface area contributed by atoms with Gasteiger partial charge in [0.2, 0.25) is 5.90 Å². The van der Waals surface area contributed by atoms with Crippen LogP contribution in [0.4, 0.5) is 0 Å². The van der Waals surface area contributed by atoms with Crippen molar-refractivity contribution < 1.29 is 17.7 Å². The number of benzene rings is 5. The van der Waals surface area contributed by atoms with E-state index in [1.165, 1.54) is 11.1 Å². The van der Waals surface area contributed by atoms with E-state index in [-0.39, 0.29) is 12.1 Å². The van der Waals surface area contributed by atoms with Crippen molar-refractivity contribution in [2.75, 3.05) is 0 Å². The first-order valence-corrected chi connectivity index (χ1v) is 14.4. The molecule has 0 saturated carbocycles. The first-order valence-electron chi connectivity index (χ1n) is 13.3. The average molecular weight is 532 g/mol. The lowest BCUT2D eigenvalue weighted by Crippen LogP contribution is -2.38. The highest BCUT2D eigenvalue weighted by Crippen LogP contribution is 2.44. The summed E-state index contributed by atoms with van der Waals surface area (Å²) in [6.07, 6.45) is 0.857. The summed E-state index contributed by atoms with van der Waals surface area (Å²) in [6.45, 7) is 3.95. The van der Waals surface area contributed by atoms with E-state index in [1.807, 2.05) is 26.0 Å². The van der Waals surface area contributed by atoms with Gasteiger partial charge in [0, 0.05) is 17.2 Å². The summed E-state index contributed by atoms with van der Waals surface area (Å²) in [4.78, 5) is 4.99. The molecule has 5 aromatic carbocycles. The van der Waals surface area contributed by atoms with Gasteiger partial charge in [0.1, 0.15) is 23.3 Å². The number of hydrogen-bond donors (Lipinski definition) is 0. The molecule has 1 aliphatic carbocycles. The molecule has 0 amide bonds. The van der Waals surface area contributed by atoms with Crippen LogP contribution in [0, 0.1) is 0 Å². The Labute approximate surface area is 226 Å². The van der Waals surface area contributed by atoms with Gasteiger partial charge in [-0.15, -0.1) is 0 Å². The molecule has 1 aromatic heterocycles. The normalized spacial score (nSPS) is 18.4. The van der Waals surface area contributed by atoms with E-state index >= 15 is 0 Å². The molecule has 6 heteroatoms. The molecule has 2 aliphatic rings. The molecule has 8 rings (SSSR count). The topological polar surface area (TPSA) is 57.1 Å². The smallest absolute Gasteiger partial charge is 0.388 e. The molecule has 0 N–H and O–H groups in total. The maximum Gasteiger partial charge on any atom is 0.388 e. The molecular weight excluding hydrogens is 505 g/mol. The van der Waals surface area contributed by atoms with Gasteiger partial charge in [-0.1, -0.05) is 84.9 Å². The Bertz CT molecular complexity index is 1910. The maximum absolute atomic E-state index is 6.60. The Morgan fingerprint density at radius 3 is 2.00 bits per heavy atom. The van der Waals surface area contributed by atoms with Crippen molar-refractivity contribution in [1.82, 2.24) is 0 Å². The Hall–Kier alpha value is -4.05. The number of rotatable bonds is 3. The molecule has 2 heterocycles. The van der Waals surface area contributed by atoms with Crippen molar-refractivity contribution in [1.29, 1.82) is 0 Å². The summed E-state index contributed by atoms with van der Waals surface area (Å²) in [7, 11) is -1.81. The van der Waals surface area contributed by atoms with Crippen LogP contribution in [0.3, 0.4) is 0 Å². The van der Waals surface area contributed by atoms with Crippen LogP contribution in [0.5, 0.6) is 0 Å². The van der Waals surface area contributed by atoms with E-state index in [0.29, 0.717) is 5.90 Å². The maximum atomic E-state index is 6.60. The van der Waals surface area contributed by atoms with Crippen molar-refractivity contribution in [2.45, 2.75) is 38.0 Å². The van der Waals surface area contributed by atoms with Crippen LogP contribution in [-0.4, -0.2) is 17.6 Å². The van der Waals surface area contributed by atoms with Crippen molar-refractivity contribution in [2.24, 2.45) is 4.99 Å². The summed E-state index contributed by atoms with van der Waals surface area (Å²) < 4.78 is 26.1. The Balaban J connectivity index is 1.31. The molecule has 39 heavy (non-hydrogen) atoms. The molecule has 0 fully saturated rings. The molecule has 192 valence electrons. The van der Waals surface area contributed by atoms with Gasteiger partial charge in [0.15, 0.2) is 5.60 Å². The minimum atomic E-state index is -1.81. The van der Waals surface area contributed by atoms with Crippen LogP contribution in [0.15, 0.2) is 110 Å². The summed E-state index contributed by atoms with van der Waals surface area (Å²) in [5, 5.41) is 6.56. The number of hydrogen-bond acceptors (Lipinski definition) is 5. The van der Waals surface area contributed by atoms with Gasteiger partial charge in [-0.2, -0.15) is 0 Å². The van der Waals surface area contributed by atoms with Gasteiger partial charge in [0.05, 0.1) is 0 Å². The fourth-order valence-electron chi connectivity index (χ4n) is 6.01. The van der Waals surface area contributed by atoms with Crippen molar-refractivity contribution >= 4 is 57.6 Å². The molecule has 0 radical (unpaired) electrons. The van der Waals surface area contributed by atoms with Gasteiger partial charge < -0.3 is 13.1 Å². The summed E-state index contributed by atoms with van der Waals surface area (Å²) in [5.74, 6) is 0.586. The molecule has 0 unspecified atom stereocenters. The largest absolute Gasteiger partial charge is 0.473 e. The highest BCUT2D eigenvalue weighted by Gasteiger charge is 2.44. The van der Waals surface area contributed by atoms with Crippen LogP contribution in [0.1, 0.15) is 31.0 Å². The lowest BCUT2D eigenvalue weighted by Gasteiger charge is -2.23. The van der Waals surface area contributed by atoms with Crippen LogP contribution in [0.25, 0.3) is 43.5 Å². The van der Waals surface area contributed by atoms with E-state index in [4.69, 9.17) is 22.6 Å². The lowest BCUT2D eigenvalue weighted by molar-refractivity contribution is 0.147. The molecule has 0 spiro atoms. The monoisotopic (exact) mass is 531 g/mol. The Kier molecular flexibility index (Phi) is 4.97. The second-order valence-corrected chi connectivity index (χ2v) is 11.8. The van der Waals surface area contributed by atoms with Crippen LogP contribution >= 0.6 is 8.24 Å². The Morgan fingerprint density at radius 2 is 1.33 bits per heavy atom. The van der Waals surface area contributed by atoms with E-state index in [9.17, 15) is 0 Å². The SMILES string of the molecule is CC(C)(Op1oc2ccc3ccccc3c2c2c(ccc3ccccc32)o1)C1=N[C@H]2c3ccccc3C[C@H]2O1. The van der Waals surface area contributed by atoms with E-state index in [1.54, 1.807) is 0 Å². The summed E-state index contributed by atoms with van der Waals surface area (Å²) in [6, 6.07) is 33.4. The molecular formula is C33H26NO4P. The second-order valence-electron chi connectivity index (χ2n) is 10.8. The second kappa shape index (κ2) is 8.47. The number of ether oxygens (including phenoxy) is 1. The molecule has 1 aliphatic heterocycles. The van der Waals surface area contributed by atoms with Gasteiger partial charge in [-0.3, -0.25) is 4.52 Å². The van der Waals surface area contributed by atoms with Crippen molar-refractivity contribution in [3.05, 3.63) is 108 Å². The minimum Gasteiger partial charge on any atom is -0.473 e. The minimum absolute atomic E-state index is 0.00186. The number of nitrogens with zero attached hydrogens (tertiary/aromatic N) is 1. The number of aliphatic imine (C=N–C) groups is 1. The van der Waals surface area contributed by atoms with E-state index < -0.39 is 13.8 Å². The van der Waals surface area contributed by atoms with Crippen LogP contribution < -0.4 is 4.52 Å². The zero-order valence-electron chi connectivity index (χ0n) is 21.6. The van der Waals surface area contributed by atoms with E-state index in [2.05, 4.69) is 84.9 Å². The molecule has 6 aromatic rings. The zero-order chi connectivity index (χ0) is 26.1. The molecule has 0 saturated heterocycles. The molecule has 5 nitrogen and oxygen atoms in total. The van der Waals surface area contributed by atoms with Gasteiger partial charge in [-0.05, 0) is 58.7 Å². The predicted molar refractivity (Wildman–Crippen MR) is 157 cm³/mol. The highest BCUT2D eigenvalue weighted by atomic mass is 31.1. The summed E-state index contributed by atoms with van der Waals surface area (Å²) in [5.41, 5.74) is 3.18.